The van der Waals surface area contributed by atoms with Crippen molar-refractivity contribution in [3.63, 3.8) is 0 Å². The number of rotatable bonds is 6. The third-order valence-corrected chi connectivity index (χ3v) is 5.34. The van der Waals surface area contributed by atoms with Gasteiger partial charge in [-0.05, 0) is 30.7 Å². The van der Waals surface area contributed by atoms with Crippen LogP contribution < -0.4 is 10.1 Å². The molecular weight excluding hydrogens is 402 g/mol. The summed E-state index contributed by atoms with van der Waals surface area (Å²) in [5.41, 5.74) is 4.63. The number of hydrogen-bond donors (Lipinski definition) is 1. The molecule has 8 heteroatoms. The van der Waals surface area contributed by atoms with Gasteiger partial charge in [-0.2, -0.15) is 5.10 Å². The molecule has 0 spiro atoms. The van der Waals surface area contributed by atoms with Crippen molar-refractivity contribution in [3.8, 4) is 22.8 Å². The largest absolute Gasteiger partial charge is 0.495 e. The molecule has 0 aliphatic rings. The van der Waals surface area contributed by atoms with Crippen molar-refractivity contribution >= 4 is 16.9 Å². The average Bonchev–Trinajstić information content (AvgIpc) is 3.45. The summed E-state index contributed by atoms with van der Waals surface area (Å²) in [6.45, 7) is 2.59. The third-order valence-electron chi connectivity index (χ3n) is 5.34. The summed E-state index contributed by atoms with van der Waals surface area (Å²) in [6.07, 6.45) is 5.54. The molecule has 2 aromatic carbocycles. The molecular formula is C24H23N7O. The number of ether oxygens (including phenoxy) is 1. The van der Waals surface area contributed by atoms with Crippen molar-refractivity contribution in [3.05, 3.63) is 78.5 Å². The number of anilines is 1. The lowest BCUT2D eigenvalue weighted by atomic mass is 10.1. The topological polar surface area (TPSA) is 82.7 Å². The van der Waals surface area contributed by atoms with Crippen LogP contribution in [0.2, 0.25) is 0 Å². The zero-order valence-corrected chi connectivity index (χ0v) is 18.1. The Morgan fingerprint density at radius 3 is 2.62 bits per heavy atom. The molecule has 0 bridgehead atoms. The van der Waals surface area contributed by atoms with E-state index in [1.165, 1.54) is 0 Å². The molecule has 5 aromatic rings. The van der Waals surface area contributed by atoms with Crippen LogP contribution in [0, 0.1) is 6.92 Å². The molecule has 5 rings (SSSR count). The van der Waals surface area contributed by atoms with E-state index in [0.29, 0.717) is 18.1 Å². The van der Waals surface area contributed by atoms with Crippen LogP contribution in [0.5, 0.6) is 5.75 Å². The highest BCUT2D eigenvalue weighted by atomic mass is 16.5. The Labute approximate surface area is 185 Å². The lowest BCUT2D eigenvalue weighted by Crippen LogP contribution is -2.05. The van der Waals surface area contributed by atoms with E-state index in [-0.39, 0.29) is 0 Å². The molecule has 3 aromatic heterocycles. The van der Waals surface area contributed by atoms with E-state index in [4.69, 9.17) is 14.7 Å². The minimum atomic E-state index is 0.600. The van der Waals surface area contributed by atoms with Crippen LogP contribution in [0.4, 0.5) is 5.82 Å². The smallest absolute Gasteiger partial charge is 0.164 e. The van der Waals surface area contributed by atoms with E-state index in [2.05, 4.69) is 27.5 Å². The fraction of sp³-hybridized carbons (Fsp3) is 0.167. The fourth-order valence-electron chi connectivity index (χ4n) is 3.73. The lowest BCUT2D eigenvalue weighted by molar-refractivity contribution is 0.413. The molecule has 0 aliphatic carbocycles. The van der Waals surface area contributed by atoms with Gasteiger partial charge in [0.1, 0.15) is 11.6 Å². The summed E-state index contributed by atoms with van der Waals surface area (Å²) in [7, 11) is 3.51. The van der Waals surface area contributed by atoms with Gasteiger partial charge in [-0.15, -0.1) is 0 Å². The van der Waals surface area contributed by atoms with Gasteiger partial charge in [-0.1, -0.05) is 30.3 Å². The van der Waals surface area contributed by atoms with Crippen molar-refractivity contribution < 1.29 is 4.74 Å². The maximum absolute atomic E-state index is 5.67. The highest BCUT2D eigenvalue weighted by Crippen LogP contribution is 2.31. The highest BCUT2D eigenvalue weighted by Gasteiger charge is 2.16. The molecule has 0 saturated heterocycles. The van der Waals surface area contributed by atoms with Gasteiger partial charge in [0.05, 0.1) is 42.9 Å². The molecule has 0 amide bonds. The number of nitrogens with zero attached hydrogens (tertiary/aromatic N) is 6. The number of benzene rings is 2. The Morgan fingerprint density at radius 2 is 1.91 bits per heavy atom. The Balaban J connectivity index is 1.60. The summed E-state index contributed by atoms with van der Waals surface area (Å²) < 4.78 is 9.51. The number of nitrogens with one attached hydrogen (secondary N) is 1. The number of methoxy groups -OCH3 is 1. The molecule has 0 fully saturated rings. The van der Waals surface area contributed by atoms with E-state index in [0.717, 1.165) is 39.4 Å². The Bertz CT molecular complexity index is 1390. The molecule has 0 aliphatic heterocycles. The normalized spacial score (nSPS) is 11.1. The molecule has 32 heavy (non-hydrogen) atoms. The Hall–Kier alpha value is -4.20. The number of hydrogen-bond acceptors (Lipinski definition) is 6. The first kappa shape index (κ1) is 19.7. The van der Waals surface area contributed by atoms with Crippen LogP contribution >= 0.6 is 0 Å². The maximum atomic E-state index is 5.67. The van der Waals surface area contributed by atoms with E-state index in [1.54, 1.807) is 19.6 Å². The average molecular weight is 425 g/mol. The second-order valence-electron chi connectivity index (χ2n) is 7.48. The fourth-order valence-corrected chi connectivity index (χ4v) is 3.73. The van der Waals surface area contributed by atoms with Crippen LogP contribution in [-0.4, -0.2) is 43.5 Å². The number of imidazole rings is 1. The van der Waals surface area contributed by atoms with Gasteiger partial charge in [0.2, 0.25) is 0 Å². The van der Waals surface area contributed by atoms with Gasteiger partial charge in [0, 0.05) is 18.8 Å². The predicted octanol–water partition coefficient (Wildman–Crippen LogP) is 4.09. The number of fused-ring (bicyclic) bond motifs is 1. The molecule has 8 nitrogen and oxygen atoms in total. The summed E-state index contributed by atoms with van der Waals surface area (Å²) >= 11 is 0. The summed E-state index contributed by atoms with van der Waals surface area (Å²) in [4.78, 5) is 13.9. The van der Waals surface area contributed by atoms with E-state index in [1.807, 2.05) is 65.8 Å². The van der Waals surface area contributed by atoms with Gasteiger partial charge >= 0.3 is 0 Å². The van der Waals surface area contributed by atoms with Gasteiger partial charge in [-0.3, -0.25) is 0 Å². The van der Waals surface area contributed by atoms with Crippen molar-refractivity contribution in [2.75, 3.05) is 19.5 Å². The minimum absolute atomic E-state index is 0.600. The molecule has 160 valence electrons. The van der Waals surface area contributed by atoms with Crippen molar-refractivity contribution in [2.24, 2.45) is 0 Å². The van der Waals surface area contributed by atoms with Gasteiger partial charge < -0.3 is 14.6 Å². The van der Waals surface area contributed by atoms with E-state index in [9.17, 15) is 0 Å². The van der Waals surface area contributed by atoms with Crippen LogP contribution in [0.1, 0.15) is 11.3 Å². The third kappa shape index (κ3) is 3.56. The quantitative estimate of drug-likeness (QED) is 0.441. The van der Waals surface area contributed by atoms with Crippen molar-refractivity contribution in [2.45, 2.75) is 13.5 Å². The maximum Gasteiger partial charge on any atom is 0.164 e. The number of aryl methyl sites for hydroxylation is 1. The van der Waals surface area contributed by atoms with Crippen LogP contribution in [0.3, 0.4) is 0 Å². The molecule has 0 radical (unpaired) electrons. The predicted molar refractivity (Wildman–Crippen MR) is 124 cm³/mol. The van der Waals surface area contributed by atoms with Gasteiger partial charge in [0.25, 0.3) is 0 Å². The SMILES string of the molecule is CNc1nc(-c2ccc(-n3cnc(C)c3)c(OC)c2)nc2c1cnn2Cc1ccccc1. The Morgan fingerprint density at radius 1 is 1.06 bits per heavy atom. The minimum Gasteiger partial charge on any atom is -0.495 e. The first-order valence-electron chi connectivity index (χ1n) is 10.3. The Kier molecular flexibility index (Phi) is 5.03. The lowest BCUT2D eigenvalue weighted by Gasteiger charge is -2.12. The van der Waals surface area contributed by atoms with E-state index >= 15 is 0 Å². The molecule has 0 unspecified atom stereocenters. The first-order valence-corrected chi connectivity index (χ1v) is 10.3. The van der Waals surface area contributed by atoms with Gasteiger partial charge in [0.15, 0.2) is 11.5 Å². The zero-order chi connectivity index (χ0) is 22.1. The van der Waals surface area contributed by atoms with E-state index < -0.39 is 0 Å². The highest BCUT2D eigenvalue weighted by molar-refractivity contribution is 5.88. The van der Waals surface area contributed by atoms with Crippen molar-refractivity contribution in [1.82, 2.24) is 29.3 Å². The zero-order valence-electron chi connectivity index (χ0n) is 18.1. The second-order valence-corrected chi connectivity index (χ2v) is 7.48. The summed E-state index contributed by atoms with van der Waals surface area (Å²) in [5.74, 6) is 2.05. The first-order chi connectivity index (χ1) is 15.7. The van der Waals surface area contributed by atoms with Gasteiger partial charge in [-0.25, -0.2) is 19.6 Å². The monoisotopic (exact) mass is 425 g/mol. The second kappa shape index (κ2) is 8.14. The standard InChI is InChI=1S/C24H23N7O/c1-16-13-30(15-26-16)20-10-9-18(11-21(20)32-3)22-28-23(25-2)19-12-27-31(24(19)29-22)14-17-7-5-4-6-8-17/h4-13,15H,14H2,1-3H3,(H,25,28,29). The summed E-state index contributed by atoms with van der Waals surface area (Å²) in [5, 5.41) is 8.62. The van der Waals surface area contributed by atoms with Crippen LogP contribution in [-0.2, 0) is 6.54 Å². The molecule has 3 heterocycles. The molecule has 1 N–H and O–H groups in total. The van der Waals surface area contributed by atoms with Crippen LogP contribution in [0.15, 0.2) is 67.3 Å². The molecule has 0 saturated carbocycles. The number of aromatic nitrogens is 6. The molecule has 0 atom stereocenters. The van der Waals surface area contributed by atoms with Crippen molar-refractivity contribution in [1.29, 1.82) is 0 Å². The summed E-state index contributed by atoms with van der Waals surface area (Å²) in [6, 6.07) is 16.1. The van der Waals surface area contributed by atoms with Crippen LogP contribution in [0.25, 0.3) is 28.1 Å².